The Morgan fingerprint density at radius 3 is 2.36 bits per heavy atom. The van der Waals surface area contributed by atoms with E-state index in [1.807, 2.05) is 0 Å². The molecule has 1 nitrogen and oxygen atoms in total. The van der Waals surface area contributed by atoms with E-state index in [1.165, 1.54) is 94.8 Å². The highest BCUT2D eigenvalue weighted by atomic mass is 16.3. The number of fused-ring (bicyclic) bond motifs is 5. The van der Waals surface area contributed by atoms with Crippen molar-refractivity contribution in [2.24, 2.45) is 46.3 Å². The molecule has 236 valence electrons. The van der Waals surface area contributed by atoms with Gasteiger partial charge in [-0.3, -0.25) is 0 Å². The minimum absolute atomic E-state index is 0.167. The van der Waals surface area contributed by atoms with Gasteiger partial charge in [-0.05, 0) is 135 Å². The molecular formula is C44H54O. The molecule has 4 aliphatic carbocycles. The maximum Gasteiger partial charge on any atom is 0.0790 e. The molecule has 0 aromatic heterocycles. The monoisotopic (exact) mass is 598 g/mol. The summed E-state index contributed by atoms with van der Waals surface area (Å²) in [6.07, 6.45) is 17.5. The summed E-state index contributed by atoms with van der Waals surface area (Å²) in [5.41, 5.74) is 4.75. The average molecular weight is 599 g/mol. The van der Waals surface area contributed by atoms with E-state index in [0.717, 1.165) is 48.3 Å². The maximum absolute atomic E-state index is 11.6. The van der Waals surface area contributed by atoms with E-state index in [2.05, 4.69) is 101 Å². The largest absolute Gasteiger partial charge is 0.388 e. The number of hydrogen-bond donors (Lipinski definition) is 1. The average Bonchev–Trinajstić information content (AvgIpc) is 3.38. The quantitative estimate of drug-likeness (QED) is 0.173. The second-order valence-corrected chi connectivity index (χ2v) is 16.9. The minimum Gasteiger partial charge on any atom is -0.388 e. The van der Waals surface area contributed by atoms with Gasteiger partial charge in [-0.2, -0.15) is 0 Å². The highest BCUT2D eigenvalue weighted by Crippen LogP contribution is 2.67. The van der Waals surface area contributed by atoms with Gasteiger partial charge in [0, 0.05) is 0 Å². The number of benzene rings is 4. The summed E-state index contributed by atoms with van der Waals surface area (Å²) < 4.78 is 0. The number of aliphatic hydroxyl groups excluding tert-OH is 1. The molecule has 0 amide bonds. The first-order valence-electron chi connectivity index (χ1n) is 18.4. The van der Waals surface area contributed by atoms with Crippen LogP contribution in [0.2, 0.25) is 0 Å². The molecule has 4 aliphatic rings. The SMILES string of the molecule is CC(C)CCC[C@@H](C)[C@H]1CC[C@H]2[C@@H]3CC=C4CC(O)C(=Cc5ccc6ccc7cccc8ccc5c6c78)C[C@]4(C)[C@H]3CC[C@]12C. The van der Waals surface area contributed by atoms with Gasteiger partial charge in [-0.15, -0.1) is 0 Å². The highest BCUT2D eigenvalue weighted by Gasteiger charge is 2.59. The van der Waals surface area contributed by atoms with Gasteiger partial charge in [0.15, 0.2) is 0 Å². The van der Waals surface area contributed by atoms with Crippen LogP contribution >= 0.6 is 0 Å². The number of rotatable bonds is 6. The van der Waals surface area contributed by atoms with Crippen LogP contribution in [0.5, 0.6) is 0 Å². The van der Waals surface area contributed by atoms with E-state index >= 15 is 0 Å². The van der Waals surface area contributed by atoms with Crippen molar-refractivity contribution in [3.63, 3.8) is 0 Å². The zero-order chi connectivity index (χ0) is 31.1. The number of hydrogen-bond acceptors (Lipinski definition) is 1. The van der Waals surface area contributed by atoms with Crippen molar-refractivity contribution in [3.05, 3.63) is 77.4 Å². The molecule has 0 aliphatic heterocycles. The van der Waals surface area contributed by atoms with Crippen LogP contribution in [-0.4, -0.2) is 11.2 Å². The molecule has 0 saturated heterocycles. The van der Waals surface area contributed by atoms with Crippen LogP contribution in [-0.2, 0) is 0 Å². The van der Waals surface area contributed by atoms with Crippen molar-refractivity contribution < 1.29 is 5.11 Å². The summed E-state index contributed by atoms with van der Waals surface area (Å²) >= 11 is 0. The van der Waals surface area contributed by atoms with Gasteiger partial charge >= 0.3 is 0 Å². The highest BCUT2D eigenvalue weighted by molar-refractivity contribution is 6.24. The van der Waals surface area contributed by atoms with Crippen LogP contribution in [0.15, 0.2) is 71.8 Å². The summed E-state index contributed by atoms with van der Waals surface area (Å²) in [7, 11) is 0. The van der Waals surface area contributed by atoms with Crippen molar-refractivity contribution in [1.29, 1.82) is 0 Å². The lowest BCUT2D eigenvalue weighted by atomic mass is 9.46. The van der Waals surface area contributed by atoms with Gasteiger partial charge in [0.05, 0.1) is 6.10 Å². The molecule has 0 bridgehead atoms. The van der Waals surface area contributed by atoms with Crippen LogP contribution in [0.3, 0.4) is 0 Å². The first-order valence-corrected chi connectivity index (χ1v) is 18.4. The topological polar surface area (TPSA) is 20.2 Å². The molecule has 0 radical (unpaired) electrons. The Kier molecular flexibility index (Phi) is 7.25. The maximum atomic E-state index is 11.6. The van der Waals surface area contributed by atoms with E-state index in [-0.39, 0.29) is 11.5 Å². The third kappa shape index (κ3) is 4.65. The predicted molar refractivity (Wildman–Crippen MR) is 193 cm³/mol. The molecule has 8 atom stereocenters. The normalized spacial score (nSPS) is 34.8. The van der Waals surface area contributed by atoms with Crippen molar-refractivity contribution >= 4 is 38.4 Å². The van der Waals surface area contributed by atoms with Gasteiger partial charge in [0.25, 0.3) is 0 Å². The Morgan fingerprint density at radius 1 is 0.844 bits per heavy atom. The van der Waals surface area contributed by atoms with E-state index in [4.69, 9.17) is 0 Å². The van der Waals surface area contributed by atoms with Gasteiger partial charge < -0.3 is 5.11 Å². The molecule has 3 saturated carbocycles. The molecule has 4 aromatic carbocycles. The lowest BCUT2D eigenvalue weighted by Gasteiger charge is -2.58. The molecule has 8 rings (SSSR count). The fourth-order valence-electron chi connectivity index (χ4n) is 11.9. The van der Waals surface area contributed by atoms with Crippen LogP contribution in [0, 0.1) is 46.3 Å². The van der Waals surface area contributed by atoms with E-state index in [0.29, 0.717) is 5.41 Å². The number of allylic oxidation sites excluding steroid dienone is 1. The second kappa shape index (κ2) is 11.0. The Labute approximate surface area is 271 Å². The molecular weight excluding hydrogens is 544 g/mol. The Hall–Kier alpha value is -2.64. The molecule has 45 heavy (non-hydrogen) atoms. The van der Waals surface area contributed by atoms with E-state index in [9.17, 15) is 5.11 Å². The zero-order valence-electron chi connectivity index (χ0n) is 28.4. The third-order valence-electron chi connectivity index (χ3n) is 14.1. The van der Waals surface area contributed by atoms with E-state index in [1.54, 1.807) is 5.57 Å². The Bertz CT molecular complexity index is 1770. The Balaban J connectivity index is 1.10. The van der Waals surface area contributed by atoms with Gasteiger partial charge in [-0.25, -0.2) is 0 Å². The minimum atomic E-state index is -0.379. The fourth-order valence-corrected chi connectivity index (χ4v) is 11.9. The molecule has 4 aromatic rings. The standard InChI is InChI=1S/C44H54O/c1-27(2)8-6-9-28(3)37-20-21-38-36-19-17-34-25-40(45)33(26-44(34,5)39(36)22-23-43(37,38)4)24-32-15-14-31-13-12-29-10-7-11-30-16-18-35(32)42(31)41(29)30/h7,10-18,24,27-28,36-40,45H,6,8-9,19-23,25-26H2,1-5H3/t28-,36+,37-,38+,39+,40?,43-,44+/m1/s1. The van der Waals surface area contributed by atoms with Crippen molar-refractivity contribution in [2.75, 3.05) is 0 Å². The molecule has 3 fully saturated rings. The zero-order valence-corrected chi connectivity index (χ0v) is 28.4. The van der Waals surface area contributed by atoms with Crippen molar-refractivity contribution in [1.82, 2.24) is 0 Å². The smallest absolute Gasteiger partial charge is 0.0790 e. The van der Waals surface area contributed by atoms with Crippen molar-refractivity contribution in [3.8, 4) is 0 Å². The first kappa shape index (κ1) is 29.7. The van der Waals surface area contributed by atoms with Crippen LogP contribution in [0.1, 0.15) is 104 Å². The van der Waals surface area contributed by atoms with Crippen LogP contribution in [0.4, 0.5) is 0 Å². The van der Waals surface area contributed by atoms with Crippen LogP contribution < -0.4 is 0 Å². The summed E-state index contributed by atoms with van der Waals surface area (Å²) in [6.45, 7) is 12.6. The van der Waals surface area contributed by atoms with Gasteiger partial charge in [0.1, 0.15) is 0 Å². The summed E-state index contributed by atoms with van der Waals surface area (Å²) in [5.74, 6) is 4.97. The second-order valence-electron chi connectivity index (χ2n) is 16.9. The summed E-state index contributed by atoms with van der Waals surface area (Å²) in [4.78, 5) is 0. The molecule has 1 heteroatoms. The van der Waals surface area contributed by atoms with Crippen LogP contribution in [0.25, 0.3) is 38.4 Å². The van der Waals surface area contributed by atoms with Gasteiger partial charge in [0.2, 0.25) is 0 Å². The molecule has 0 heterocycles. The summed E-state index contributed by atoms with van der Waals surface area (Å²) in [5, 5.41) is 19.6. The first-order chi connectivity index (χ1) is 21.7. The van der Waals surface area contributed by atoms with Crippen molar-refractivity contribution in [2.45, 2.75) is 105 Å². The fraction of sp³-hybridized carbons (Fsp3) is 0.545. The third-order valence-corrected chi connectivity index (χ3v) is 14.1. The molecule has 1 N–H and O–H groups in total. The lowest BCUT2D eigenvalue weighted by molar-refractivity contribution is -0.0501. The molecule has 0 spiro atoms. The van der Waals surface area contributed by atoms with Gasteiger partial charge in [-0.1, -0.05) is 126 Å². The number of aliphatic hydroxyl groups is 1. The van der Waals surface area contributed by atoms with E-state index < -0.39 is 0 Å². The molecule has 1 unspecified atom stereocenters. The predicted octanol–water partition coefficient (Wildman–Crippen LogP) is 12.0. The lowest BCUT2D eigenvalue weighted by Crippen LogP contribution is -2.51. The Morgan fingerprint density at radius 2 is 1.58 bits per heavy atom. The summed E-state index contributed by atoms with van der Waals surface area (Å²) in [6, 6.07) is 20.4.